The Kier molecular flexibility index (Phi) is 7.88. The highest BCUT2D eigenvalue weighted by molar-refractivity contribution is 7.87. The number of carbonyl (C=O) groups is 1. The molecule has 36 heavy (non-hydrogen) atoms. The van der Waals surface area contributed by atoms with Crippen LogP contribution in [0.4, 0.5) is 11.4 Å². The van der Waals surface area contributed by atoms with E-state index in [4.69, 9.17) is 13.7 Å². The maximum Gasteiger partial charge on any atom is 0.339 e. The summed E-state index contributed by atoms with van der Waals surface area (Å²) in [6, 6.07) is 16.8. The van der Waals surface area contributed by atoms with Gasteiger partial charge in [-0.2, -0.15) is 13.7 Å². The molecule has 11 nitrogen and oxygen atoms in total. The van der Waals surface area contributed by atoms with Gasteiger partial charge in [0.25, 0.3) is 11.6 Å². The number of carbonyl (C=O) groups excluding carboxylic acids is 1. The number of rotatable bonds is 9. The van der Waals surface area contributed by atoms with Gasteiger partial charge in [0, 0.05) is 17.8 Å². The fourth-order valence-corrected chi connectivity index (χ4v) is 3.90. The Morgan fingerprint density at radius 3 is 2.36 bits per heavy atom. The van der Waals surface area contributed by atoms with Crippen molar-refractivity contribution in [3.8, 4) is 23.3 Å². The number of benzene rings is 3. The van der Waals surface area contributed by atoms with Crippen LogP contribution in [0.1, 0.15) is 5.56 Å². The molecular formula is C24H19N3O8S. The lowest BCUT2D eigenvalue weighted by Crippen LogP contribution is -2.13. The molecule has 3 aromatic carbocycles. The quantitative estimate of drug-likeness (QED) is 0.148. The minimum absolute atomic E-state index is 0.0391. The molecule has 0 saturated heterocycles. The van der Waals surface area contributed by atoms with Crippen molar-refractivity contribution in [2.45, 2.75) is 4.90 Å². The van der Waals surface area contributed by atoms with Gasteiger partial charge in [-0.15, -0.1) is 0 Å². The molecule has 0 aliphatic carbocycles. The monoisotopic (exact) mass is 509 g/mol. The van der Waals surface area contributed by atoms with Crippen molar-refractivity contribution in [2.24, 2.45) is 0 Å². The molecule has 1 N–H and O–H groups in total. The van der Waals surface area contributed by atoms with Gasteiger partial charge in [0.1, 0.15) is 22.3 Å². The van der Waals surface area contributed by atoms with E-state index in [1.807, 2.05) is 0 Å². The number of amides is 1. The maximum absolute atomic E-state index is 12.6. The molecule has 12 heteroatoms. The summed E-state index contributed by atoms with van der Waals surface area (Å²) in [6.07, 6.45) is 1.25. The van der Waals surface area contributed by atoms with Crippen LogP contribution in [-0.4, -0.2) is 33.5 Å². The predicted molar refractivity (Wildman–Crippen MR) is 129 cm³/mol. The van der Waals surface area contributed by atoms with Crippen molar-refractivity contribution in [3.05, 3.63) is 88.0 Å². The highest BCUT2D eigenvalue weighted by Gasteiger charge is 2.20. The average Bonchev–Trinajstić information content (AvgIpc) is 2.87. The van der Waals surface area contributed by atoms with Crippen molar-refractivity contribution in [3.63, 3.8) is 0 Å². The smallest absolute Gasteiger partial charge is 0.339 e. The standard InChI is InChI=1S/C24H19N3O8S/c1-33-20-7-9-21(10-8-20)36(31,32)35-22-11-6-16(13-23(22)34-2)12-17(15-25)24(28)26-18-4-3-5-19(14-18)27(29)30/h3-14H,1-2H3,(H,26,28)/b17-12+. The second kappa shape index (κ2) is 11.0. The Hall–Kier alpha value is -4.89. The highest BCUT2D eigenvalue weighted by atomic mass is 32.2. The summed E-state index contributed by atoms with van der Waals surface area (Å²) >= 11 is 0. The van der Waals surface area contributed by atoms with Crippen LogP contribution in [0.25, 0.3) is 6.08 Å². The van der Waals surface area contributed by atoms with Crippen LogP contribution in [0.3, 0.4) is 0 Å². The minimum Gasteiger partial charge on any atom is -0.497 e. The molecule has 0 aliphatic heterocycles. The van der Waals surface area contributed by atoms with Gasteiger partial charge in [0.05, 0.1) is 19.1 Å². The number of nitrogens with zero attached hydrogens (tertiary/aromatic N) is 2. The molecule has 0 radical (unpaired) electrons. The Labute approximate surface area is 206 Å². The first-order valence-corrected chi connectivity index (χ1v) is 11.5. The second-order valence-corrected chi connectivity index (χ2v) is 8.60. The Bertz CT molecular complexity index is 1480. The first kappa shape index (κ1) is 25.7. The van der Waals surface area contributed by atoms with Gasteiger partial charge in [0.2, 0.25) is 0 Å². The van der Waals surface area contributed by atoms with Gasteiger partial charge in [-0.25, -0.2) is 0 Å². The van der Waals surface area contributed by atoms with E-state index in [1.165, 1.54) is 81.0 Å². The topological polar surface area (TPSA) is 158 Å². The average molecular weight is 509 g/mol. The number of ether oxygens (including phenoxy) is 2. The summed E-state index contributed by atoms with van der Waals surface area (Å²) in [5.74, 6) is -0.382. The zero-order chi connectivity index (χ0) is 26.3. The molecule has 3 rings (SSSR count). The molecule has 0 heterocycles. The summed E-state index contributed by atoms with van der Waals surface area (Å²) < 4.78 is 40.7. The SMILES string of the molecule is COc1ccc(S(=O)(=O)Oc2ccc(/C=C(\C#N)C(=O)Nc3cccc([N+](=O)[O-])c3)cc2OC)cc1. The molecule has 0 aromatic heterocycles. The predicted octanol–water partition coefficient (Wildman–Crippen LogP) is 3.93. The van der Waals surface area contributed by atoms with E-state index in [1.54, 1.807) is 6.07 Å². The Morgan fingerprint density at radius 2 is 1.75 bits per heavy atom. The third-order valence-electron chi connectivity index (χ3n) is 4.73. The van der Waals surface area contributed by atoms with Gasteiger partial charge in [-0.05, 0) is 54.1 Å². The third-order valence-corrected chi connectivity index (χ3v) is 5.97. The lowest BCUT2D eigenvalue weighted by molar-refractivity contribution is -0.384. The first-order valence-electron chi connectivity index (χ1n) is 10.1. The summed E-state index contributed by atoms with van der Waals surface area (Å²) in [5.41, 5.74) is -0.0458. The zero-order valence-corrected chi connectivity index (χ0v) is 19.8. The lowest BCUT2D eigenvalue weighted by atomic mass is 10.1. The van der Waals surface area contributed by atoms with E-state index in [0.717, 1.165) is 6.07 Å². The second-order valence-electron chi connectivity index (χ2n) is 7.05. The number of nitro groups is 1. The van der Waals surface area contributed by atoms with E-state index in [2.05, 4.69) is 5.32 Å². The molecule has 184 valence electrons. The Balaban J connectivity index is 1.83. The van der Waals surface area contributed by atoms with Crippen LogP contribution in [0.5, 0.6) is 17.2 Å². The molecule has 1 amide bonds. The minimum atomic E-state index is -4.18. The summed E-state index contributed by atoms with van der Waals surface area (Å²) in [7, 11) is -1.43. The fourth-order valence-electron chi connectivity index (χ4n) is 2.96. The third kappa shape index (κ3) is 6.16. The van der Waals surface area contributed by atoms with Crippen LogP contribution in [0.15, 0.2) is 77.2 Å². The number of nitriles is 1. The number of hydrogen-bond acceptors (Lipinski definition) is 9. The summed E-state index contributed by atoms with van der Waals surface area (Å²) in [4.78, 5) is 22.7. The van der Waals surface area contributed by atoms with Gasteiger partial charge in [-0.1, -0.05) is 12.1 Å². The molecule has 0 unspecified atom stereocenters. The molecule has 0 saturated carbocycles. The maximum atomic E-state index is 12.6. The summed E-state index contributed by atoms with van der Waals surface area (Å²) in [6.45, 7) is 0. The largest absolute Gasteiger partial charge is 0.497 e. The number of nitrogens with one attached hydrogen (secondary N) is 1. The van der Waals surface area contributed by atoms with E-state index in [0.29, 0.717) is 11.3 Å². The van der Waals surface area contributed by atoms with Crippen LogP contribution >= 0.6 is 0 Å². The first-order chi connectivity index (χ1) is 17.2. The van der Waals surface area contributed by atoms with E-state index < -0.39 is 20.9 Å². The summed E-state index contributed by atoms with van der Waals surface area (Å²) in [5, 5.41) is 22.8. The van der Waals surface area contributed by atoms with E-state index in [-0.39, 0.29) is 33.3 Å². The van der Waals surface area contributed by atoms with E-state index in [9.17, 15) is 28.6 Å². The van der Waals surface area contributed by atoms with Crippen LogP contribution in [0.2, 0.25) is 0 Å². The highest BCUT2D eigenvalue weighted by Crippen LogP contribution is 2.32. The van der Waals surface area contributed by atoms with Gasteiger partial charge >= 0.3 is 10.1 Å². The molecule has 3 aromatic rings. The molecule has 0 atom stereocenters. The van der Waals surface area contributed by atoms with Gasteiger partial charge in [0.15, 0.2) is 11.5 Å². The molecule has 0 spiro atoms. The number of nitro benzene ring substituents is 1. The Morgan fingerprint density at radius 1 is 1.03 bits per heavy atom. The lowest BCUT2D eigenvalue weighted by Gasteiger charge is -2.12. The normalized spacial score (nSPS) is 11.2. The van der Waals surface area contributed by atoms with Crippen molar-refractivity contribution in [2.75, 3.05) is 19.5 Å². The van der Waals surface area contributed by atoms with Gasteiger partial charge in [-0.3, -0.25) is 14.9 Å². The van der Waals surface area contributed by atoms with Crippen molar-refractivity contribution >= 4 is 33.5 Å². The van der Waals surface area contributed by atoms with Crippen LogP contribution in [0, 0.1) is 21.4 Å². The van der Waals surface area contributed by atoms with E-state index >= 15 is 0 Å². The van der Waals surface area contributed by atoms with Crippen molar-refractivity contribution in [1.29, 1.82) is 5.26 Å². The fraction of sp³-hybridized carbons (Fsp3) is 0.0833. The van der Waals surface area contributed by atoms with Crippen molar-refractivity contribution in [1.82, 2.24) is 0 Å². The molecule has 0 aliphatic rings. The van der Waals surface area contributed by atoms with Crippen LogP contribution < -0.4 is 19.0 Å². The number of methoxy groups -OCH3 is 2. The molecule has 0 bridgehead atoms. The number of non-ortho nitro benzene ring substituents is 1. The molecule has 0 fully saturated rings. The van der Waals surface area contributed by atoms with Crippen molar-refractivity contribution < 1.29 is 31.8 Å². The molecular weight excluding hydrogens is 490 g/mol. The van der Waals surface area contributed by atoms with Gasteiger partial charge < -0.3 is 19.0 Å². The zero-order valence-electron chi connectivity index (χ0n) is 19.0. The number of anilines is 1. The number of hydrogen-bond donors (Lipinski definition) is 1. The van der Waals surface area contributed by atoms with Crippen LogP contribution in [-0.2, 0) is 14.9 Å².